The van der Waals surface area contributed by atoms with Crippen LogP contribution in [0.2, 0.25) is 0 Å². The summed E-state index contributed by atoms with van der Waals surface area (Å²) < 4.78 is 33.4. The molecule has 0 spiro atoms. The Labute approximate surface area is 130 Å². The van der Waals surface area contributed by atoms with Crippen molar-refractivity contribution in [2.24, 2.45) is 0 Å². The van der Waals surface area contributed by atoms with Gasteiger partial charge in [0, 0.05) is 23.1 Å². The van der Waals surface area contributed by atoms with Crippen molar-refractivity contribution in [2.75, 3.05) is 0 Å². The van der Waals surface area contributed by atoms with E-state index in [9.17, 15) is 8.78 Å². The lowest BCUT2D eigenvalue weighted by molar-refractivity contribution is 0.437. The fourth-order valence-corrected chi connectivity index (χ4v) is 2.35. The van der Waals surface area contributed by atoms with Crippen LogP contribution in [0.15, 0.2) is 40.9 Å². The summed E-state index contributed by atoms with van der Waals surface area (Å²) in [6.45, 7) is 0.585. The number of halogens is 3. The van der Waals surface area contributed by atoms with Crippen molar-refractivity contribution in [3.63, 3.8) is 0 Å². The molecule has 0 radical (unpaired) electrons. The maximum absolute atomic E-state index is 13.7. The second kappa shape index (κ2) is 6.12. The van der Waals surface area contributed by atoms with Crippen LogP contribution in [0, 0.1) is 11.6 Å². The molecule has 3 rings (SSSR count). The molecule has 0 unspecified atom stereocenters. The largest absolute Gasteiger partial charge is 0.454 e. The molecule has 2 aromatic rings. The minimum atomic E-state index is -0.494. The molecule has 1 aliphatic carbocycles. The zero-order chi connectivity index (χ0) is 14.8. The summed E-state index contributed by atoms with van der Waals surface area (Å²) in [5.74, 6) is -0.516. The Bertz CT molecular complexity index is 659. The van der Waals surface area contributed by atoms with E-state index in [4.69, 9.17) is 4.74 Å². The van der Waals surface area contributed by atoms with Gasteiger partial charge in [0.1, 0.15) is 11.6 Å². The summed E-state index contributed by atoms with van der Waals surface area (Å²) in [4.78, 5) is 0. The van der Waals surface area contributed by atoms with Gasteiger partial charge in [0.05, 0.1) is 0 Å². The normalized spacial score (nSPS) is 14.2. The Morgan fingerprint density at radius 1 is 1.14 bits per heavy atom. The molecule has 0 aliphatic heterocycles. The second-order valence-electron chi connectivity index (χ2n) is 5.13. The van der Waals surface area contributed by atoms with Crippen molar-refractivity contribution in [1.82, 2.24) is 5.32 Å². The van der Waals surface area contributed by atoms with Gasteiger partial charge in [-0.15, -0.1) is 0 Å². The summed E-state index contributed by atoms with van der Waals surface area (Å²) in [5, 5.41) is 3.31. The first-order chi connectivity index (χ1) is 10.1. The van der Waals surface area contributed by atoms with Crippen LogP contribution < -0.4 is 10.1 Å². The van der Waals surface area contributed by atoms with Gasteiger partial charge in [-0.05, 0) is 48.7 Å². The van der Waals surface area contributed by atoms with Gasteiger partial charge in [0.25, 0.3) is 0 Å². The van der Waals surface area contributed by atoms with Gasteiger partial charge in [0.15, 0.2) is 11.6 Å². The number of benzene rings is 2. The van der Waals surface area contributed by atoms with E-state index in [-0.39, 0.29) is 5.75 Å². The molecule has 5 heteroatoms. The average Bonchev–Trinajstić information content (AvgIpc) is 3.23. The minimum absolute atomic E-state index is 0.0740. The second-order valence-corrected chi connectivity index (χ2v) is 6.04. The average molecular weight is 354 g/mol. The molecule has 0 heterocycles. The molecule has 1 fully saturated rings. The van der Waals surface area contributed by atoms with Crippen LogP contribution in [-0.4, -0.2) is 6.04 Å². The van der Waals surface area contributed by atoms with Gasteiger partial charge in [-0.25, -0.2) is 8.78 Å². The van der Waals surface area contributed by atoms with Gasteiger partial charge < -0.3 is 10.1 Å². The summed E-state index contributed by atoms with van der Waals surface area (Å²) in [6, 6.07) is 9.47. The Morgan fingerprint density at radius 2 is 1.95 bits per heavy atom. The molecule has 1 aliphatic rings. The number of ether oxygens (including phenoxy) is 1. The molecule has 110 valence electrons. The molecule has 21 heavy (non-hydrogen) atoms. The van der Waals surface area contributed by atoms with Crippen molar-refractivity contribution in [3.05, 3.63) is 58.1 Å². The molecule has 0 aromatic heterocycles. The van der Waals surface area contributed by atoms with E-state index < -0.39 is 11.6 Å². The summed E-state index contributed by atoms with van der Waals surface area (Å²) in [5.41, 5.74) is 0.786. The first-order valence-corrected chi connectivity index (χ1v) is 7.55. The summed E-state index contributed by atoms with van der Waals surface area (Å²) in [6.07, 6.45) is 2.34. The van der Waals surface area contributed by atoms with Gasteiger partial charge in [-0.2, -0.15) is 0 Å². The lowest BCUT2D eigenvalue weighted by Crippen LogP contribution is -2.15. The fraction of sp³-hybridized carbons (Fsp3) is 0.250. The van der Waals surface area contributed by atoms with Crippen molar-refractivity contribution in [1.29, 1.82) is 0 Å². The first kappa shape index (κ1) is 14.5. The fourth-order valence-electron chi connectivity index (χ4n) is 2.02. The van der Waals surface area contributed by atoms with Crippen LogP contribution in [0.1, 0.15) is 18.4 Å². The van der Waals surface area contributed by atoms with Gasteiger partial charge in [-0.3, -0.25) is 0 Å². The quantitative estimate of drug-likeness (QED) is 0.835. The van der Waals surface area contributed by atoms with Gasteiger partial charge >= 0.3 is 0 Å². The highest BCUT2D eigenvalue weighted by molar-refractivity contribution is 9.10. The maximum atomic E-state index is 13.7. The van der Waals surface area contributed by atoms with E-state index >= 15 is 0 Å². The third-order valence-electron chi connectivity index (χ3n) is 3.23. The number of hydrogen-bond donors (Lipinski definition) is 1. The number of nitrogens with one attached hydrogen (secondary N) is 1. The molecule has 2 aromatic carbocycles. The molecule has 2 nitrogen and oxygen atoms in total. The first-order valence-electron chi connectivity index (χ1n) is 6.76. The van der Waals surface area contributed by atoms with Crippen molar-refractivity contribution in [3.8, 4) is 11.5 Å². The van der Waals surface area contributed by atoms with Crippen LogP contribution >= 0.6 is 15.9 Å². The zero-order valence-corrected chi connectivity index (χ0v) is 12.8. The van der Waals surface area contributed by atoms with E-state index in [2.05, 4.69) is 21.2 Å². The molecule has 0 bridgehead atoms. The number of rotatable bonds is 5. The van der Waals surface area contributed by atoms with Crippen molar-refractivity contribution >= 4 is 15.9 Å². The molecule has 1 N–H and O–H groups in total. The molecule has 0 amide bonds. The lowest BCUT2D eigenvalue weighted by Gasteiger charge is -2.10. The number of hydrogen-bond acceptors (Lipinski definition) is 2. The van der Waals surface area contributed by atoms with E-state index in [0.29, 0.717) is 22.8 Å². The molecule has 1 saturated carbocycles. The van der Waals surface area contributed by atoms with Gasteiger partial charge in [-0.1, -0.05) is 15.9 Å². The molecule has 0 atom stereocenters. The van der Waals surface area contributed by atoms with Crippen LogP contribution in [0.5, 0.6) is 11.5 Å². The third-order valence-corrected chi connectivity index (χ3v) is 3.72. The molecule has 0 saturated heterocycles. The lowest BCUT2D eigenvalue weighted by atomic mass is 10.2. The Balaban J connectivity index is 1.77. The van der Waals surface area contributed by atoms with Crippen LogP contribution in [0.4, 0.5) is 8.78 Å². The maximum Gasteiger partial charge on any atom is 0.166 e. The van der Waals surface area contributed by atoms with Crippen LogP contribution in [0.25, 0.3) is 0 Å². The predicted molar refractivity (Wildman–Crippen MR) is 80.4 cm³/mol. The summed E-state index contributed by atoms with van der Waals surface area (Å²) in [7, 11) is 0. The van der Waals surface area contributed by atoms with E-state index in [0.717, 1.165) is 5.56 Å². The van der Waals surface area contributed by atoms with Gasteiger partial charge in [0.2, 0.25) is 0 Å². The van der Waals surface area contributed by atoms with Crippen molar-refractivity contribution in [2.45, 2.75) is 25.4 Å². The molecular formula is C16H14BrF2NO. The van der Waals surface area contributed by atoms with E-state index in [1.807, 2.05) is 0 Å². The van der Waals surface area contributed by atoms with Crippen LogP contribution in [-0.2, 0) is 6.54 Å². The van der Waals surface area contributed by atoms with E-state index in [1.165, 1.54) is 37.1 Å². The Hall–Kier alpha value is -1.46. The molecular weight excluding hydrogens is 340 g/mol. The highest BCUT2D eigenvalue weighted by Gasteiger charge is 2.20. The van der Waals surface area contributed by atoms with Crippen molar-refractivity contribution < 1.29 is 13.5 Å². The highest BCUT2D eigenvalue weighted by Crippen LogP contribution is 2.28. The smallest absolute Gasteiger partial charge is 0.166 e. The topological polar surface area (TPSA) is 21.3 Å². The van der Waals surface area contributed by atoms with E-state index in [1.54, 1.807) is 12.1 Å². The SMILES string of the molecule is Fc1cc(CNC2CC2)cc(Oc2ccc(Br)cc2F)c1. The minimum Gasteiger partial charge on any atom is -0.454 e. The highest BCUT2D eigenvalue weighted by atomic mass is 79.9. The monoisotopic (exact) mass is 353 g/mol. The third kappa shape index (κ3) is 4.02. The Kier molecular flexibility index (Phi) is 4.22. The Morgan fingerprint density at radius 3 is 2.67 bits per heavy atom. The predicted octanol–water partition coefficient (Wildman–Crippen LogP) is 4.77. The summed E-state index contributed by atoms with van der Waals surface area (Å²) >= 11 is 3.18. The standard InChI is InChI=1S/C16H14BrF2NO/c17-11-1-4-16(15(19)7-11)21-14-6-10(5-12(18)8-14)9-20-13-2-3-13/h1,4-8,13,20H,2-3,9H2. The van der Waals surface area contributed by atoms with Crippen LogP contribution in [0.3, 0.4) is 0 Å². The zero-order valence-electron chi connectivity index (χ0n) is 11.2.